The van der Waals surface area contributed by atoms with Gasteiger partial charge in [0, 0.05) is 13.1 Å². The highest BCUT2D eigenvalue weighted by Gasteiger charge is 2.29. The number of carbonyl (C=O) groups excluding carboxylic acids is 2. The van der Waals surface area contributed by atoms with E-state index in [1.54, 1.807) is 0 Å². The minimum absolute atomic E-state index is 0.138. The molecule has 1 aromatic carbocycles. The second-order valence-corrected chi connectivity index (χ2v) is 7.04. The summed E-state index contributed by atoms with van der Waals surface area (Å²) < 4.78 is 0. The average Bonchev–Trinajstić information content (AvgIpc) is 2.63. The summed E-state index contributed by atoms with van der Waals surface area (Å²) in [6.07, 6.45) is 3.87. The van der Waals surface area contributed by atoms with Crippen molar-refractivity contribution in [2.45, 2.75) is 31.6 Å². The van der Waals surface area contributed by atoms with Crippen LogP contribution in [-0.4, -0.2) is 54.3 Å². The topological polar surface area (TPSA) is 66.6 Å². The molecule has 2 aliphatic heterocycles. The first-order chi connectivity index (χ1) is 11.6. The highest BCUT2D eigenvalue weighted by atomic mass is 16.2. The first kappa shape index (κ1) is 17.0. The van der Waals surface area contributed by atoms with Gasteiger partial charge in [-0.15, -0.1) is 0 Å². The number of likely N-dealkylation sites (tertiary alicyclic amines) is 2. The van der Waals surface area contributed by atoms with E-state index < -0.39 is 0 Å². The van der Waals surface area contributed by atoms with Crippen molar-refractivity contribution in [2.75, 3.05) is 32.7 Å². The monoisotopic (exact) mass is 329 g/mol. The van der Waals surface area contributed by atoms with Crippen molar-refractivity contribution < 1.29 is 9.59 Å². The molecule has 2 amide bonds. The van der Waals surface area contributed by atoms with E-state index in [-0.39, 0.29) is 17.7 Å². The molecule has 5 heteroatoms. The maximum atomic E-state index is 12.5. The molecule has 5 nitrogen and oxygen atoms in total. The molecule has 130 valence electrons. The smallest absolute Gasteiger partial charge is 0.236 e. The standard InChI is InChI=1S/C19H27N3O2/c20-19(24)17-7-4-10-22(13-17)18(23)14-21-11-8-16(9-12-21)15-5-2-1-3-6-15/h1-3,5-6,16-17H,4,7-14H2,(H2,20,24). The Labute approximate surface area is 143 Å². The highest BCUT2D eigenvalue weighted by molar-refractivity contribution is 5.81. The molecule has 0 bridgehead atoms. The van der Waals surface area contributed by atoms with Crippen LogP contribution in [0.1, 0.15) is 37.2 Å². The molecular weight excluding hydrogens is 302 g/mol. The Hall–Kier alpha value is -1.88. The second kappa shape index (κ2) is 7.79. The summed E-state index contributed by atoms with van der Waals surface area (Å²) >= 11 is 0. The van der Waals surface area contributed by atoms with Crippen molar-refractivity contribution in [1.29, 1.82) is 0 Å². The molecule has 1 aromatic rings. The van der Waals surface area contributed by atoms with Gasteiger partial charge in [0.1, 0.15) is 0 Å². The zero-order valence-electron chi connectivity index (χ0n) is 14.2. The molecule has 2 saturated heterocycles. The van der Waals surface area contributed by atoms with Gasteiger partial charge in [-0.1, -0.05) is 30.3 Å². The lowest BCUT2D eigenvalue weighted by Crippen LogP contribution is -2.48. The summed E-state index contributed by atoms with van der Waals surface area (Å²) in [5.74, 6) is 0.286. The Morgan fingerprint density at radius 1 is 1.04 bits per heavy atom. The van der Waals surface area contributed by atoms with E-state index in [4.69, 9.17) is 5.73 Å². The van der Waals surface area contributed by atoms with Gasteiger partial charge in [0.25, 0.3) is 0 Å². The van der Waals surface area contributed by atoms with E-state index in [1.165, 1.54) is 5.56 Å². The van der Waals surface area contributed by atoms with Crippen LogP contribution in [0.3, 0.4) is 0 Å². The second-order valence-electron chi connectivity index (χ2n) is 7.04. The van der Waals surface area contributed by atoms with Gasteiger partial charge < -0.3 is 10.6 Å². The molecule has 24 heavy (non-hydrogen) atoms. The number of benzene rings is 1. The summed E-state index contributed by atoms with van der Waals surface area (Å²) in [5.41, 5.74) is 6.80. The van der Waals surface area contributed by atoms with Crippen LogP contribution in [0, 0.1) is 5.92 Å². The van der Waals surface area contributed by atoms with Crippen LogP contribution >= 0.6 is 0 Å². The van der Waals surface area contributed by atoms with E-state index in [0.717, 1.165) is 45.3 Å². The SMILES string of the molecule is NC(=O)C1CCCN(C(=O)CN2CCC(c3ccccc3)CC2)C1. The lowest BCUT2D eigenvalue weighted by molar-refractivity contribution is -0.136. The largest absolute Gasteiger partial charge is 0.369 e. The Balaban J connectivity index is 1.47. The number of rotatable bonds is 4. The molecule has 1 atom stereocenters. The molecule has 0 radical (unpaired) electrons. The lowest BCUT2D eigenvalue weighted by atomic mass is 9.89. The van der Waals surface area contributed by atoms with E-state index >= 15 is 0 Å². The van der Waals surface area contributed by atoms with E-state index in [9.17, 15) is 9.59 Å². The molecule has 0 saturated carbocycles. The third-order valence-corrected chi connectivity index (χ3v) is 5.39. The van der Waals surface area contributed by atoms with Gasteiger partial charge in [-0.25, -0.2) is 0 Å². The van der Waals surface area contributed by atoms with Crippen molar-refractivity contribution in [3.05, 3.63) is 35.9 Å². The summed E-state index contributed by atoms with van der Waals surface area (Å²) in [5, 5.41) is 0. The summed E-state index contributed by atoms with van der Waals surface area (Å²) in [7, 11) is 0. The molecule has 3 rings (SSSR count). The minimum Gasteiger partial charge on any atom is -0.369 e. The first-order valence-corrected chi connectivity index (χ1v) is 8.98. The van der Waals surface area contributed by atoms with E-state index in [2.05, 4.69) is 35.2 Å². The van der Waals surface area contributed by atoms with E-state index in [0.29, 0.717) is 19.0 Å². The molecule has 0 spiro atoms. The van der Waals surface area contributed by atoms with Gasteiger partial charge in [0.15, 0.2) is 0 Å². The number of hydrogen-bond acceptors (Lipinski definition) is 3. The van der Waals surface area contributed by atoms with Gasteiger partial charge in [0.2, 0.25) is 11.8 Å². The van der Waals surface area contributed by atoms with Crippen molar-refractivity contribution in [2.24, 2.45) is 11.7 Å². The Morgan fingerprint density at radius 3 is 2.42 bits per heavy atom. The zero-order chi connectivity index (χ0) is 16.9. The van der Waals surface area contributed by atoms with Gasteiger partial charge >= 0.3 is 0 Å². The Bertz CT molecular complexity index is 567. The highest BCUT2D eigenvalue weighted by Crippen LogP contribution is 2.27. The van der Waals surface area contributed by atoms with Crippen LogP contribution in [-0.2, 0) is 9.59 Å². The normalized spacial score (nSPS) is 23.2. The minimum atomic E-state index is -0.281. The van der Waals surface area contributed by atoms with Crippen molar-refractivity contribution in [3.8, 4) is 0 Å². The number of carbonyl (C=O) groups is 2. The molecular formula is C19H27N3O2. The number of amides is 2. The molecule has 2 N–H and O–H groups in total. The lowest BCUT2D eigenvalue weighted by Gasteiger charge is -2.35. The predicted molar refractivity (Wildman–Crippen MR) is 93.4 cm³/mol. The molecule has 2 aliphatic rings. The fourth-order valence-corrected chi connectivity index (χ4v) is 3.88. The van der Waals surface area contributed by atoms with E-state index in [1.807, 2.05) is 4.90 Å². The Kier molecular flexibility index (Phi) is 5.51. The van der Waals surface area contributed by atoms with Crippen LogP contribution < -0.4 is 5.73 Å². The van der Waals surface area contributed by atoms with Gasteiger partial charge in [0.05, 0.1) is 12.5 Å². The fourth-order valence-electron chi connectivity index (χ4n) is 3.88. The molecule has 2 heterocycles. The quantitative estimate of drug-likeness (QED) is 0.912. The first-order valence-electron chi connectivity index (χ1n) is 8.98. The van der Waals surface area contributed by atoms with Crippen molar-refractivity contribution >= 4 is 11.8 Å². The third kappa shape index (κ3) is 4.15. The maximum Gasteiger partial charge on any atom is 0.236 e. The number of primary amides is 1. The fraction of sp³-hybridized carbons (Fsp3) is 0.579. The van der Waals surface area contributed by atoms with Crippen LogP contribution in [0.2, 0.25) is 0 Å². The molecule has 2 fully saturated rings. The predicted octanol–water partition coefficient (Wildman–Crippen LogP) is 1.59. The number of nitrogens with zero attached hydrogens (tertiary/aromatic N) is 2. The van der Waals surface area contributed by atoms with Crippen LogP contribution in [0.4, 0.5) is 0 Å². The van der Waals surface area contributed by atoms with Gasteiger partial charge in [-0.05, 0) is 50.3 Å². The van der Waals surface area contributed by atoms with Crippen LogP contribution in [0.25, 0.3) is 0 Å². The van der Waals surface area contributed by atoms with Gasteiger partial charge in [-0.2, -0.15) is 0 Å². The molecule has 0 aromatic heterocycles. The summed E-state index contributed by atoms with van der Waals surface area (Å²) in [4.78, 5) is 27.9. The van der Waals surface area contributed by atoms with Crippen LogP contribution in [0.15, 0.2) is 30.3 Å². The third-order valence-electron chi connectivity index (χ3n) is 5.39. The maximum absolute atomic E-state index is 12.5. The number of nitrogens with two attached hydrogens (primary N) is 1. The zero-order valence-corrected chi connectivity index (χ0v) is 14.2. The summed E-state index contributed by atoms with van der Waals surface area (Å²) in [6, 6.07) is 10.6. The van der Waals surface area contributed by atoms with Crippen LogP contribution in [0.5, 0.6) is 0 Å². The Morgan fingerprint density at radius 2 is 1.75 bits per heavy atom. The van der Waals surface area contributed by atoms with Crippen molar-refractivity contribution in [3.63, 3.8) is 0 Å². The average molecular weight is 329 g/mol. The molecule has 0 aliphatic carbocycles. The van der Waals surface area contributed by atoms with Crippen molar-refractivity contribution in [1.82, 2.24) is 9.80 Å². The number of piperidine rings is 2. The molecule has 1 unspecified atom stereocenters. The van der Waals surface area contributed by atoms with Gasteiger partial charge in [-0.3, -0.25) is 14.5 Å². The number of hydrogen-bond donors (Lipinski definition) is 1. The summed E-state index contributed by atoms with van der Waals surface area (Å²) in [6.45, 7) is 3.63.